The average Bonchev–Trinajstić information content (AvgIpc) is 2.88. The van der Waals surface area contributed by atoms with Crippen molar-refractivity contribution in [3.05, 3.63) is 90.9 Å². The lowest BCUT2D eigenvalue weighted by Gasteiger charge is -2.21. The summed E-state index contributed by atoms with van der Waals surface area (Å²) in [7, 11) is 1.46. The third-order valence-corrected chi connectivity index (χ3v) is 6.50. The molecule has 1 N–H and O–H groups in total. The number of carbonyl (C=O) groups is 1. The molecule has 0 fully saturated rings. The van der Waals surface area contributed by atoms with Crippen LogP contribution in [0.5, 0.6) is 11.5 Å². The largest absolute Gasteiger partial charge is 0.493 e. The Morgan fingerprint density at radius 1 is 1.10 bits per heavy atom. The molecule has 0 saturated carbocycles. The summed E-state index contributed by atoms with van der Waals surface area (Å²) < 4.78 is 13.3. The Morgan fingerprint density at radius 3 is 2.49 bits per heavy atom. The second kappa shape index (κ2) is 11.8. The summed E-state index contributed by atoms with van der Waals surface area (Å²) >= 11 is 15.6. The highest BCUT2D eigenvalue weighted by molar-refractivity contribution is 9.10. The van der Waals surface area contributed by atoms with Gasteiger partial charge < -0.3 is 14.8 Å². The van der Waals surface area contributed by atoms with Gasteiger partial charge in [0.1, 0.15) is 5.82 Å². The molecule has 8 nitrogen and oxygen atoms in total. The first-order valence-electron chi connectivity index (χ1n) is 11.8. The number of hydrogen-bond donors (Lipinski definition) is 1. The van der Waals surface area contributed by atoms with E-state index in [0.29, 0.717) is 43.8 Å². The Bertz CT molecular complexity index is 1630. The lowest BCUT2D eigenvalue weighted by atomic mass is 9.95. The van der Waals surface area contributed by atoms with Crippen LogP contribution in [-0.4, -0.2) is 35.5 Å². The normalized spacial score (nSPS) is 11.7. The molecule has 39 heavy (non-hydrogen) atoms. The molecule has 0 aliphatic rings. The SMILES string of the molecule is COc1cc(Cl)cc(C=Nn2c(C(C)(C)C)nc3ccc(Br)cc3c2=O)c1OCC(=O)Nc1ccc(Cl)cc1. The molecule has 1 amide bonds. The van der Waals surface area contributed by atoms with Crippen LogP contribution in [0.4, 0.5) is 5.69 Å². The number of carbonyl (C=O) groups excluding carboxylic acids is 1. The minimum Gasteiger partial charge on any atom is -0.493 e. The summed E-state index contributed by atoms with van der Waals surface area (Å²) in [4.78, 5) is 30.8. The van der Waals surface area contributed by atoms with Crippen LogP contribution in [0.1, 0.15) is 32.2 Å². The van der Waals surface area contributed by atoms with E-state index in [1.807, 2.05) is 26.8 Å². The highest BCUT2D eigenvalue weighted by Gasteiger charge is 2.23. The Kier molecular flexibility index (Phi) is 8.64. The molecule has 0 spiro atoms. The van der Waals surface area contributed by atoms with Gasteiger partial charge in [0.05, 0.1) is 24.2 Å². The highest BCUT2D eigenvalue weighted by Crippen LogP contribution is 2.34. The van der Waals surface area contributed by atoms with E-state index in [-0.39, 0.29) is 17.9 Å². The molecule has 1 heterocycles. The lowest BCUT2D eigenvalue weighted by molar-refractivity contribution is -0.118. The second-order valence-electron chi connectivity index (χ2n) is 9.58. The standard InChI is InChI=1S/C28H25BrCl2N4O4/c1-28(2,3)27-34-22-10-5-17(29)12-21(22)26(37)35(27)32-14-16-11-19(31)13-23(38-4)25(16)39-15-24(36)33-20-8-6-18(30)7-9-20/h5-14H,15H2,1-4H3,(H,33,36). The van der Waals surface area contributed by atoms with Crippen molar-refractivity contribution in [3.8, 4) is 11.5 Å². The van der Waals surface area contributed by atoms with Crippen LogP contribution >= 0.6 is 39.1 Å². The van der Waals surface area contributed by atoms with Crippen LogP contribution in [0.25, 0.3) is 10.9 Å². The highest BCUT2D eigenvalue weighted by atomic mass is 79.9. The molecular weight excluding hydrogens is 607 g/mol. The van der Waals surface area contributed by atoms with Crippen molar-refractivity contribution < 1.29 is 14.3 Å². The van der Waals surface area contributed by atoms with Crippen molar-refractivity contribution in [2.75, 3.05) is 19.0 Å². The molecule has 11 heteroatoms. The fourth-order valence-corrected chi connectivity index (χ4v) is 4.42. The lowest BCUT2D eigenvalue weighted by Crippen LogP contribution is -2.29. The molecular formula is C28H25BrCl2N4O4. The molecule has 0 unspecified atom stereocenters. The molecule has 4 rings (SSSR count). The molecule has 0 bridgehead atoms. The molecule has 0 saturated heterocycles. The number of fused-ring (bicyclic) bond motifs is 1. The number of nitrogens with zero attached hydrogens (tertiary/aromatic N) is 3. The third kappa shape index (κ3) is 6.79. The number of benzene rings is 3. The fraction of sp³-hybridized carbons (Fsp3) is 0.214. The van der Waals surface area contributed by atoms with E-state index < -0.39 is 11.3 Å². The zero-order valence-corrected chi connectivity index (χ0v) is 24.7. The fourth-order valence-electron chi connectivity index (χ4n) is 3.72. The molecule has 0 aliphatic heterocycles. The molecule has 0 atom stereocenters. The first-order valence-corrected chi connectivity index (χ1v) is 13.3. The topological polar surface area (TPSA) is 94.8 Å². The summed E-state index contributed by atoms with van der Waals surface area (Å²) in [5, 5.41) is 8.56. The van der Waals surface area contributed by atoms with Gasteiger partial charge in [0.15, 0.2) is 18.1 Å². The quantitative estimate of drug-likeness (QED) is 0.230. The number of hydrogen-bond acceptors (Lipinski definition) is 6. The molecule has 202 valence electrons. The number of halogens is 3. The predicted octanol–water partition coefficient (Wildman–Crippen LogP) is 6.67. The van der Waals surface area contributed by atoms with Crippen LogP contribution in [0, 0.1) is 0 Å². The summed E-state index contributed by atoms with van der Waals surface area (Å²) in [6, 6.07) is 15.2. The maximum atomic E-state index is 13.5. The van der Waals surface area contributed by atoms with Crippen molar-refractivity contribution >= 4 is 67.8 Å². The van der Waals surface area contributed by atoms with Gasteiger partial charge in [-0.15, -0.1) is 0 Å². The van der Waals surface area contributed by atoms with E-state index >= 15 is 0 Å². The van der Waals surface area contributed by atoms with E-state index in [0.717, 1.165) is 4.47 Å². The Labute approximate surface area is 243 Å². The number of rotatable bonds is 7. The van der Waals surface area contributed by atoms with Gasteiger partial charge in [0.2, 0.25) is 0 Å². The molecule has 4 aromatic rings. The molecule has 1 aromatic heterocycles. The minimum absolute atomic E-state index is 0.235. The average molecular weight is 632 g/mol. The van der Waals surface area contributed by atoms with Crippen LogP contribution in [-0.2, 0) is 10.2 Å². The summed E-state index contributed by atoms with van der Waals surface area (Å²) in [6.45, 7) is 5.52. The smallest absolute Gasteiger partial charge is 0.282 e. The first kappa shape index (κ1) is 28.6. The van der Waals surface area contributed by atoms with Gasteiger partial charge in [-0.1, -0.05) is 59.9 Å². The summed E-state index contributed by atoms with van der Waals surface area (Å²) in [6.07, 6.45) is 1.43. The molecule has 0 aliphatic carbocycles. The van der Waals surface area contributed by atoms with Gasteiger partial charge in [-0.25, -0.2) is 4.98 Å². The van der Waals surface area contributed by atoms with Crippen molar-refractivity contribution in [2.24, 2.45) is 5.10 Å². The van der Waals surface area contributed by atoms with Crippen molar-refractivity contribution in [3.63, 3.8) is 0 Å². The number of aromatic nitrogens is 2. The zero-order valence-electron chi connectivity index (χ0n) is 21.6. The van der Waals surface area contributed by atoms with E-state index in [4.69, 9.17) is 37.7 Å². The van der Waals surface area contributed by atoms with Gasteiger partial charge >= 0.3 is 0 Å². The van der Waals surface area contributed by atoms with E-state index in [2.05, 4.69) is 26.3 Å². The predicted molar refractivity (Wildman–Crippen MR) is 159 cm³/mol. The van der Waals surface area contributed by atoms with Gasteiger partial charge in [-0.05, 0) is 48.5 Å². The van der Waals surface area contributed by atoms with Crippen LogP contribution in [0.3, 0.4) is 0 Å². The van der Waals surface area contributed by atoms with E-state index in [1.165, 1.54) is 18.0 Å². The van der Waals surface area contributed by atoms with E-state index in [1.54, 1.807) is 48.5 Å². The number of amides is 1. The maximum absolute atomic E-state index is 13.5. The Morgan fingerprint density at radius 2 is 1.82 bits per heavy atom. The van der Waals surface area contributed by atoms with E-state index in [9.17, 15) is 9.59 Å². The number of anilines is 1. The van der Waals surface area contributed by atoms with Crippen LogP contribution < -0.4 is 20.3 Å². The maximum Gasteiger partial charge on any atom is 0.282 e. The van der Waals surface area contributed by atoms with Gasteiger partial charge in [0, 0.05) is 37.3 Å². The van der Waals surface area contributed by atoms with Crippen molar-refractivity contribution in [1.29, 1.82) is 0 Å². The molecule has 3 aromatic carbocycles. The zero-order chi connectivity index (χ0) is 28.3. The van der Waals surface area contributed by atoms with Gasteiger partial charge in [0.25, 0.3) is 11.5 Å². The molecule has 0 radical (unpaired) electrons. The number of ether oxygens (including phenoxy) is 2. The van der Waals surface area contributed by atoms with Crippen molar-refractivity contribution in [2.45, 2.75) is 26.2 Å². The summed E-state index contributed by atoms with van der Waals surface area (Å²) in [5.74, 6) is 0.607. The van der Waals surface area contributed by atoms with Crippen LogP contribution in [0.2, 0.25) is 10.0 Å². The Balaban J connectivity index is 1.71. The van der Waals surface area contributed by atoms with Crippen LogP contribution in [0.15, 0.2) is 69.0 Å². The van der Waals surface area contributed by atoms with Crippen molar-refractivity contribution in [1.82, 2.24) is 9.66 Å². The minimum atomic E-state index is -0.497. The summed E-state index contributed by atoms with van der Waals surface area (Å²) in [5.41, 5.74) is 0.714. The van der Waals surface area contributed by atoms with Gasteiger partial charge in [-0.2, -0.15) is 9.78 Å². The number of nitrogens with one attached hydrogen (secondary N) is 1. The third-order valence-electron chi connectivity index (χ3n) is 5.54. The second-order valence-corrected chi connectivity index (χ2v) is 11.4. The Hall–Kier alpha value is -3.40. The number of methoxy groups -OCH3 is 1. The first-order chi connectivity index (χ1) is 18.5. The monoisotopic (exact) mass is 630 g/mol. The van der Waals surface area contributed by atoms with Gasteiger partial charge in [-0.3, -0.25) is 9.59 Å².